The van der Waals surface area contributed by atoms with Gasteiger partial charge < -0.3 is 5.11 Å². The molecule has 2 aromatic rings. The van der Waals surface area contributed by atoms with Crippen LogP contribution in [0.2, 0.25) is 0 Å². The van der Waals surface area contributed by atoms with Gasteiger partial charge in [0.15, 0.2) is 0 Å². The third kappa shape index (κ3) is 2.22. The molecule has 0 unspecified atom stereocenters. The maximum Gasteiger partial charge on any atom is 0.124 e. The molecular formula is C11H9NOTi. The van der Waals surface area contributed by atoms with E-state index in [1.54, 1.807) is 18.3 Å². The zero-order valence-electron chi connectivity index (χ0n) is 7.51. The molecular weight excluding hydrogens is 210 g/mol. The molecule has 0 aliphatic rings. The van der Waals surface area contributed by atoms with Crippen molar-refractivity contribution >= 4 is 0 Å². The zero-order valence-corrected chi connectivity index (χ0v) is 9.07. The molecule has 0 aliphatic heterocycles. The second kappa shape index (κ2) is 4.94. The Morgan fingerprint density at radius 2 is 1.64 bits per heavy atom. The molecule has 1 aromatic heterocycles. The van der Waals surface area contributed by atoms with Gasteiger partial charge >= 0.3 is 0 Å². The fraction of sp³-hybridized carbons (Fsp3) is 0. The van der Waals surface area contributed by atoms with E-state index in [0.717, 1.165) is 11.3 Å². The van der Waals surface area contributed by atoms with Crippen LogP contribution in [0.1, 0.15) is 0 Å². The fourth-order valence-electron chi connectivity index (χ4n) is 1.21. The monoisotopic (exact) mass is 219 g/mol. The number of benzene rings is 1. The maximum absolute atomic E-state index is 9.52. The molecule has 1 heterocycles. The molecule has 3 heteroatoms. The first-order valence-electron chi connectivity index (χ1n) is 4.07. The van der Waals surface area contributed by atoms with Gasteiger partial charge in [0.05, 0.1) is 5.69 Å². The van der Waals surface area contributed by atoms with Crippen LogP contribution in [0.3, 0.4) is 0 Å². The van der Waals surface area contributed by atoms with Crippen LogP contribution in [0, 0.1) is 0 Å². The third-order valence-corrected chi connectivity index (χ3v) is 1.84. The van der Waals surface area contributed by atoms with Gasteiger partial charge in [0, 0.05) is 33.5 Å². The number of rotatable bonds is 1. The molecule has 14 heavy (non-hydrogen) atoms. The number of aromatic hydroxyl groups is 1. The number of para-hydroxylation sites is 1. The normalized spacial score (nSPS) is 9.14. The molecule has 0 fully saturated rings. The Balaban J connectivity index is 0.000000980. The first kappa shape index (κ1) is 11.0. The van der Waals surface area contributed by atoms with Crippen molar-refractivity contribution in [2.24, 2.45) is 0 Å². The minimum absolute atomic E-state index is 0. The van der Waals surface area contributed by atoms with Crippen LogP contribution >= 0.6 is 0 Å². The topological polar surface area (TPSA) is 33.1 Å². The summed E-state index contributed by atoms with van der Waals surface area (Å²) < 4.78 is 0. The fourth-order valence-corrected chi connectivity index (χ4v) is 1.21. The minimum atomic E-state index is 0. The Kier molecular flexibility index (Phi) is 3.87. The Hall–Kier alpha value is -1.12. The second-order valence-corrected chi connectivity index (χ2v) is 2.73. The first-order chi connectivity index (χ1) is 6.38. The summed E-state index contributed by atoms with van der Waals surface area (Å²) in [6.45, 7) is 0. The average Bonchev–Trinajstić information content (AvgIpc) is 2.20. The predicted octanol–water partition coefficient (Wildman–Crippen LogP) is 2.45. The van der Waals surface area contributed by atoms with Crippen LogP contribution in [-0.2, 0) is 21.7 Å². The molecule has 0 spiro atoms. The van der Waals surface area contributed by atoms with Crippen LogP contribution in [0.5, 0.6) is 5.75 Å². The summed E-state index contributed by atoms with van der Waals surface area (Å²) in [5, 5.41) is 9.52. The van der Waals surface area contributed by atoms with Crippen molar-refractivity contribution < 1.29 is 26.8 Å². The molecule has 0 saturated heterocycles. The summed E-state index contributed by atoms with van der Waals surface area (Å²) in [7, 11) is 0. The van der Waals surface area contributed by atoms with Crippen molar-refractivity contribution in [3.8, 4) is 17.0 Å². The van der Waals surface area contributed by atoms with E-state index >= 15 is 0 Å². The van der Waals surface area contributed by atoms with Crippen molar-refractivity contribution in [3.63, 3.8) is 0 Å². The summed E-state index contributed by atoms with van der Waals surface area (Å²) in [5.74, 6) is 0.265. The molecule has 2 rings (SSSR count). The van der Waals surface area contributed by atoms with Crippen LogP contribution in [0.4, 0.5) is 0 Å². The summed E-state index contributed by atoms with van der Waals surface area (Å²) in [4.78, 5) is 4.15. The molecule has 0 amide bonds. The maximum atomic E-state index is 9.52. The van der Waals surface area contributed by atoms with Gasteiger partial charge in [-0.3, -0.25) is 4.98 Å². The van der Waals surface area contributed by atoms with Crippen molar-refractivity contribution in [2.75, 3.05) is 0 Å². The molecule has 0 bridgehead atoms. The van der Waals surface area contributed by atoms with E-state index in [0.29, 0.717) is 0 Å². The minimum Gasteiger partial charge on any atom is -0.507 e. The Labute approximate surface area is 97.5 Å². The van der Waals surface area contributed by atoms with E-state index in [1.165, 1.54) is 0 Å². The summed E-state index contributed by atoms with van der Waals surface area (Å²) >= 11 is 0. The molecule has 1 aromatic carbocycles. The van der Waals surface area contributed by atoms with Gasteiger partial charge in [0.2, 0.25) is 0 Å². The Morgan fingerprint density at radius 3 is 2.29 bits per heavy atom. The van der Waals surface area contributed by atoms with Gasteiger partial charge in [0.25, 0.3) is 0 Å². The van der Waals surface area contributed by atoms with Crippen molar-refractivity contribution in [1.82, 2.24) is 4.98 Å². The average molecular weight is 219 g/mol. The van der Waals surface area contributed by atoms with Gasteiger partial charge in [-0.25, -0.2) is 0 Å². The Morgan fingerprint density at radius 1 is 0.929 bits per heavy atom. The molecule has 2 nitrogen and oxygen atoms in total. The zero-order chi connectivity index (χ0) is 9.10. The van der Waals surface area contributed by atoms with E-state index in [1.807, 2.05) is 30.3 Å². The Bertz CT molecular complexity index is 403. The van der Waals surface area contributed by atoms with Gasteiger partial charge in [-0.05, 0) is 24.3 Å². The van der Waals surface area contributed by atoms with Gasteiger partial charge in [-0.2, -0.15) is 0 Å². The number of hydrogen-bond acceptors (Lipinski definition) is 2. The van der Waals surface area contributed by atoms with E-state index < -0.39 is 0 Å². The predicted molar refractivity (Wildman–Crippen MR) is 51.3 cm³/mol. The number of aromatic nitrogens is 1. The first-order valence-corrected chi connectivity index (χ1v) is 4.07. The molecule has 0 radical (unpaired) electrons. The third-order valence-electron chi connectivity index (χ3n) is 1.84. The smallest absolute Gasteiger partial charge is 0.124 e. The van der Waals surface area contributed by atoms with Crippen molar-refractivity contribution in [3.05, 3.63) is 48.7 Å². The molecule has 0 saturated carbocycles. The van der Waals surface area contributed by atoms with E-state index in [4.69, 9.17) is 0 Å². The van der Waals surface area contributed by atoms with Crippen LogP contribution in [0.15, 0.2) is 48.7 Å². The second-order valence-electron chi connectivity index (χ2n) is 2.73. The largest absolute Gasteiger partial charge is 0.507 e. The molecule has 0 aliphatic carbocycles. The summed E-state index contributed by atoms with van der Waals surface area (Å²) in [6.07, 6.45) is 1.71. The molecule has 1 N–H and O–H groups in total. The van der Waals surface area contributed by atoms with Crippen molar-refractivity contribution in [2.45, 2.75) is 0 Å². The number of nitrogens with zero attached hydrogens (tertiary/aromatic N) is 1. The molecule has 68 valence electrons. The van der Waals surface area contributed by atoms with E-state index in [-0.39, 0.29) is 27.5 Å². The van der Waals surface area contributed by atoms with Crippen molar-refractivity contribution in [1.29, 1.82) is 0 Å². The van der Waals surface area contributed by atoms with Crippen LogP contribution < -0.4 is 0 Å². The number of pyridine rings is 1. The quantitative estimate of drug-likeness (QED) is 0.747. The van der Waals surface area contributed by atoms with E-state index in [2.05, 4.69) is 4.98 Å². The van der Waals surface area contributed by atoms with Gasteiger partial charge in [0.1, 0.15) is 5.75 Å². The number of hydrogen-bond donors (Lipinski definition) is 1. The van der Waals surface area contributed by atoms with E-state index in [9.17, 15) is 5.11 Å². The summed E-state index contributed by atoms with van der Waals surface area (Å²) in [6, 6.07) is 12.8. The molecule has 0 atom stereocenters. The number of phenols is 1. The van der Waals surface area contributed by atoms with Crippen LogP contribution in [-0.4, -0.2) is 10.1 Å². The van der Waals surface area contributed by atoms with Gasteiger partial charge in [-0.15, -0.1) is 0 Å². The SMILES string of the molecule is Oc1ccccc1-c1ccccn1.[Ti]. The summed E-state index contributed by atoms with van der Waals surface area (Å²) in [5.41, 5.74) is 1.56. The van der Waals surface area contributed by atoms with Gasteiger partial charge in [-0.1, -0.05) is 18.2 Å². The van der Waals surface area contributed by atoms with Crippen LogP contribution in [0.25, 0.3) is 11.3 Å². The number of phenolic OH excluding ortho intramolecular Hbond substituents is 1. The standard InChI is InChI=1S/C11H9NO.Ti/c13-11-7-2-1-5-9(11)10-6-3-4-8-12-10;/h1-8,13H;.